The maximum atomic E-state index is 4.42. The molecule has 1 aliphatic carbocycles. The van der Waals surface area contributed by atoms with Crippen molar-refractivity contribution in [1.82, 2.24) is 0 Å². The van der Waals surface area contributed by atoms with E-state index in [2.05, 4.69) is 12.2 Å². The van der Waals surface area contributed by atoms with Gasteiger partial charge in [-0.2, -0.15) is 0 Å². The van der Waals surface area contributed by atoms with Crippen molar-refractivity contribution in [3.05, 3.63) is 5.32 Å². The number of nitrogens with zero attached hydrogens (tertiary/aromatic N) is 1. The number of hydrogen-bond donors (Lipinski definition) is 0. The molecule has 2 heteroatoms. The van der Waals surface area contributed by atoms with Crippen LogP contribution in [0.3, 0.4) is 0 Å². The van der Waals surface area contributed by atoms with E-state index in [0.717, 1.165) is 24.4 Å². The smallest absolute Gasteiger partial charge is 0 e. The van der Waals surface area contributed by atoms with E-state index in [1.54, 1.807) is 0 Å². The van der Waals surface area contributed by atoms with Gasteiger partial charge in [0, 0.05) is 32.7 Å². The largest absolute Gasteiger partial charge is 0.662 e. The van der Waals surface area contributed by atoms with E-state index in [9.17, 15) is 0 Å². The fraction of sp³-hybridized carbons (Fsp3) is 1.00. The van der Waals surface area contributed by atoms with Crippen molar-refractivity contribution in [2.45, 2.75) is 52.9 Å². The van der Waals surface area contributed by atoms with Gasteiger partial charge in [-0.1, -0.05) is 40.0 Å². The first-order valence-electron chi connectivity index (χ1n) is 5.94. The Labute approximate surface area is 115 Å². The third kappa shape index (κ3) is 3.91. The van der Waals surface area contributed by atoms with Crippen LogP contribution >= 0.6 is 0 Å². The SMILES string of the molecule is CC.CC1CCC2(CC[N-]CC2)C1.[Y]. The van der Waals surface area contributed by atoms with E-state index >= 15 is 0 Å². The summed E-state index contributed by atoms with van der Waals surface area (Å²) in [5.41, 5.74) is 0.751. The van der Waals surface area contributed by atoms with Crippen LogP contribution in [-0.2, 0) is 32.7 Å². The second-order valence-electron chi connectivity index (χ2n) is 4.52. The van der Waals surface area contributed by atoms with Crippen LogP contribution in [0.25, 0.3) is 5.32 Å². The molecule has 1 radical (unpaired) electrons. The summed E-state index contributed by atoms with van der Waals surface area (Å²) in [6, 6.07) is 0. The number of hydrogen-bond acceptors (Lipinski definition) is 0. The molecule has 1 atom stereocenters. The summed E-state index contributed by atoms with van der Waals surface area (Å²) in [6.07, 6.45) is 7.22. The Balaban J connectivity index is 0.000000531. The van der Waals surface area contributed by atoms with Crippen LogP contribution in [0.1, 0.15) is 52.9 Å². The van der Waals surface area contributed by atoms with E-state index in [4.69, 9.17) is 0 Å². The van der Waals surface area contributed by atoms with Crippen LogP contribution in [0.2, 0.25) is 0 Å². The van der Waals surface area contributed by atoms with Crippen LogP contribution in [0.5, 0.6) is 0 Å². The summed E-state index contributed by atoms with van der Waals surface area (Å²) < 4.78 is 0. The molecular weight excluding hydrogens is 247 g/mol. The van der Waals surface area contributed by atoms with Crippen LogP contribution < -0.4 is 0 Å². The molecule has 2 aliphatic rings. The Kier molecular flexibility index (Phi) is 7.91. The zero-order chi connectivity index (χ0) is 9.73. The first-order valence-corrected chi connectivity index (χ1v) is 5.94. The Morgan fingerprint density at radius 1 is 1.07 bits per heavy atom. The Bertz CT molecular complexity index is 136. The van der Waals surface area contributed by atoms with Crippen molar-refractivity contribution in [1.29, 1.82) is 0 Å². The molecule has 1 heterocycles. The van der Waals surface area contributed by atoms with Gasteiger partial charge in [-0.15, -0.1) is 13.1 Å². The van der Waals surface area contributed by atoms with Crippen molar-refractivity contribution in [3.63, 3.8) is 0 Å². The fourth-order valence-electron chi connectivity index (χ4n) is 2.82. The van der Waals surface area contributed by atoms with E-state index in [-0.39, 0.29) is 32.7 Å². The molecule has 1 aliphatic heterocycles. The van der Waals surface area contributed by atoms with Crippen molar-refractivity contribution >= 4 is 0 Å². The standard InChI is InChI=1S/C10H18N.C2H6.Y/c1-9-2-3-10(8-9)4-6-11-7-5-10;1-2;/h9H,2-8H2,1H3;1-2H3;/q-1;;. The van der Waals surface area contributed by atoms with Crippen LogP contribution in [-0.4, -0.2) is 13.1 Å². The second kappa shape index (κ2) is 7.36. The zero-order valence-electron chi connectivity index (χ0n) is 10.1. The average Bonchev–Trinajstić information content (AvgIpc) is 2.52. The van der Waals surface area contributed by atoms with Crippen molar-refractivity contribution < 1.29 is 32.7 Å². The fourth-order valence-corrected chi connectivity index (χ4v) is 2.82. The summed E-state index contributed by atoms with van der Waals surface area (Å²) in [5, 5.41) is 4.42. The molecule has 0 N–H and O–H groups in total. The van der Waals surface area contributed by atoms with Gasteiger partial charge in [0.05, 0.1) is 0 Å². The molecule has 2 rings (SSSR count). The van der Waals surface area contributed by atoms with Crippen molar-refractivity contribution in [2.24, 2.45) is 11.3 Å². The molecule has 0 amide bonds. The Morgan fingerprint density at radius 3 is 2.07 bits per heavy atom. The van der Waals surface area contributed by atoms with Gasteiger partial charge in [0.2, 0.25) is 0 Å². The maximum absolute atomic E-state index is 4.42. The first-order chi connectivity index (χ1) is 6.31. The predicted molar refractivity (Wildman–Crippen MR) is 59.1 cm³/mol. The molecule has 81 valence electrons. The van der Waals surface area contributed by atoms with Gasteiger partial charge in [-0.3, -0.25) is 0 Å². The van der Waals surface area contributed by atoms with Crippen molar-refractivity contribution in [2.75, 3.05) is 13.1 Å². The molecule has 2 fully saturated rings. The molecule has 14 heavy (non-hydrogen) atoms. The molecule has 1 unspecified atom stereocenters. The molecule has 0 aromatic carbocycles. The molecule has 0 aromatic rings. The summed E-state index contributed by atoms with van der Waals surface area (Å²) in [4.78, 5) is 0. The van der Waals surface area contributed by atoms with E-state index in [1.165, 1.54) is 32.1 Å². The first kappa shape index (κ1) is 15.1. The molecule has 1 saturated heterocycles. The summed E-state index contributed by atoms with van der Waals surface area (Å²) in [5.74, 6) is 0.994. The molecule has 0 bridgehead atoms. The monoisotopic (exact) mass is 271 g/mol. The number of piperidine rings is 1. The van der Waals surface area contributed by atoms with E-state index in [0.29, 0.717) is 0 Å². The third-order valence-electron chi connectivity index (χ3n) is 3.55. The summed E-state index contributed by atoms with van der Waals surface area (Å²) >= 11 is 0. The average molecular weight is 271 g/mol. The molecule has 1 spiro atoms. The Morgan fingerprint density at radius 2 is 1.64 bits per heavy atom. The van der Waals surface area contributed by atoms with Crippen molar-refractivity contribution in [3.8, 4) is 0 Å². The normalized spacial score (nSPS) is 28.9. The molecule has 1 saturated carbocycles. The van der Waals surface area contributed by atoms with Crippen LogP contribution in [0.15, 0.2) is 0 Å². The second-order valence-corrected chi connectivity index (χ2v) is 4.52. The number of rotatable bonds is 0. The Hall–Kier alpha value is 1.06. The quantitative estimate of drug-likeness (QED) is 0.632. The van der Waals surface area contributed by atoms with Gasteiger partial charge in [-0.25, -0.2) is 0 Å². The van der Waals surface area contributed by atoms with Gasteiger partial charge >= 0.3 is 0 Å². The van der Waals surface area contributed by atoms with Gasteiger partial charge in [0.15, 0.2) is 0 Å². The minimum absolute atomic E-state index is 0. The molecular formula is C12H24NY-. The minimum Gasteiger partial charge on any atom is -0.662 e. The van der Waals surface area contributed by atoms with E-state index in [1.807, 2.05) is 13.8 Å². The minimum atomic E-state index is 0. The summed E-state index contributed by atoms with van der Waals surface area (Å²) in [6.45, 7) is 8.69. The predicted octanol–water partition coefficient (Wildman–Crippen LogP) is 3.98. The third-order valence-corrected chi connectivity index (χ3v) is 3.55. The van der Waals surface area contributed by atoms with E-state index < -0.39 is 0 Å². The molecule has 1 nitrogen and oxygen atoms in total. The van der Waals surface area contributed by atoms with Crippen LogP contribution in [0.4, 0.5) is 0 Å². The maximum Gasteiger partial charge on any atom is 0 e. The zero-order valence-corrected chi connectivity index (χ0v) is 12.9. The molecule has 0 aromatic heterocycles. The summed E-state index contributed by atoms with van der Waals surface area (Å²) in [7, 11) is 0. The topological polar surface area (TPSA) is 14.1 Å². The van der Waals surface area contributed by atoms with Gasteiger partial charge in [-0.05, 0) is 24.2 Å². The van der Waals surface area contributed by atoms with Crippen LogP contribution in [0, 0.1) is 11.3 Å². The van der Waals surface area contributed by atoms with Gasteiger partial charge in [0.25, 0.3) is 0 Å². The van der Waals surface area contributed by atoms with Gasteiger partial charge in [0.1, 0.15) is 0 Å². The van der Waals surface area contributed by atoms with Gasteiger partial charge < -0.3 is 5.32 Å².